The van der Waals surface area contributed by atoms with Crippen LogP contribution in [0, 0.1) is 5.92 Å². The highest BCUT2D eigenvalue weighted by atomic mass is 16.5. The number of aromatic nitrogens is 1. The predicted octanol–water partition coefficient (Wildman–Crippen LogP) is 2.89. The van der Waals surface area contributed by atoms with Gasteiger partial charge in [0.1, 0.15) is 0 Å². The largest absolute Gasteiger partial charge is 0.348 e. The number of likely N-dealkylation sites (N-methyl/N-ethyl adjacent to an activating group) is 1. The molecule has 1 aliphatic carbocycles. The number of carbonyl (C=O) groups excluding carboxylic acids is 1. The van der Waals surface area contributed by atoms with Crippen molar-refractivity contribution in [3.05, 3.63) is 59.4 Å². The van der Waals surface area contributed by atoms with E-state index in [0.29, 0.717) is 6.04 Å². The molecule has 132 valence electrons. The van der Waals surface area contributed by atoms with Gasteiger partial charge in [-0.2, -0.15) is 0 Å². The summed E-state index contributed by atoms with van der Waals surface area (Å²) >= 11 is 0. The molecule has 5 nitrogen and oxygen atoms in total. The molecule has 1 fully saturated rings. The Morgan fingerprint density at radius 2 is 1.92 bits per heavy atom. The second-order valence-corrected chi connectivity index (χ2v) is 7.16. The van der Waals surface area contributed by atoms with Gasteiger partial charge in [-0.25, -0.2) is 5.48 Å². The Morgan fingerprint density at radius 3 is 2.60 bits per heavy atom. The Kier molecular flexibility index (Phi) is 4.13. The van der Waals surface area contributed by atoms with Gasteiger partial charge in [-0.1, -0.05) is 37.3 Å². The maximum atomic E-state index is 12.2. The number of carbonyl (C=O) groups is 1. The van der Waals surface area contributed by atoms with Gasteiger partial charge in [0.05, 0.1) is 5.92 Å². The maximum absolute atomic E-state index is 12.2. The number of hydrogen-bond acceptors (Lipinski definition) is 3. The fourth-order valence-corrected chi connectivity index (χ4v) is 4.55. The van der Waals surface area contributed by atoms with Crippen LogP contribution in [0.3, 0.4) is 0 Å². The van der Waals surface area contributed by atoms with Crippen LogP contribution in [0.25, 0.3) is 0 Å². The summed E-state index contributed by atoms with van der Waals surface area (Å²) in [4.78, 5) is 14.6. The van der Waals surface area contributed by atoms with Crippen LogP contribution >= 0.6 is 0 Å². The Balaban J connectivity index is 1.66. The van der Waals surface area contributed by atoms with Gasteiger partial charge in [0.25, 0.3) is 0 Å². The first-order valence-corrected chi connectivity index (χ1v) is 9.08. The summed E-state index contributed by atoms with van der Waals surface area (Å²) in [5.41, 5.74) is 5.55. The van der Waals surface area contributed by atoms with E-state index in [9.17, 15) is 4.79 Å². The van der Waals surface area contributed by atoms with Crippen LogP contribution in [0.4, 0.5) is 0 Å². The zero-order chi connectivity index (χ0) is 17.6. The van der Waals surface area contributed by atoms with Gasteiger partial charge in [-0.3, -0.25) is 14.9 Å². The summed E-state index contributed by atoms with van der Waals surface area (Å²) in [6.45, 7) is 7.55. The number of rotatable bonds is 4. The number of nitrogens with one attached hydrogen (secondary N) is 1. The van der Waals surface area contributed by atoms with Crippen molar-refractivity contribution in [3.8, 4) is 0 Å². The number of hydroxylamine groups is 1. The van der Waals surface area contributed by atoms with Gasteiger partial charge in [-0.15, -0.1) is 0 Å². The van der Waals surface area contributed by atoms with E-state index in [4.69, 9.17) is 5.21 Å². The van der Waals surface area contributed by atoms with Crippen molar-refractivity contribution < 1.29 is 10.0 Å². The van der Waals surface area contributed by atoms with E-state index in [1.165, 1.54) is 11.3 Å². The molecule has 0 bridgehead atoms. The molecule has 1 aromatic heterocycles. The molecule has 5 heteroatoms. The number of benzene rings is 1. The monoisotopic (exact) mass is 339 g/mol. The third-order valence-electron chi connectivity index (χ3n) is 5.96. The molecule has 0 spiro atoms. The van der Waals surface area contributed by atoms with E-state index in [0.717, 1.165) is 25.2 Å². The molecule has 2 N–H and O–H groups in total. The second kappa shape index (κ2) is 6.32. The van der Waals surface area contributed by atoms with E-state index in [1.54, 1.807) is 0 Å². The van der Waals surface area contributed by atoms with Gasteiger partial charge in [-0.05, 0) is 30.7 Å². The van der Waals surface area contributed by atoms with Crippen LogP contribution in [-0.4, -0.2) is 33.7 Å². The van der Waals surface area contributed by atoms with Crippen molar-refractivity contribution in [3.63, 3.8) is 0 Å². The zero-order valence-corrected chi connectivity index (χ0v) is 14.7. The lowest BCUT2D eigenvalue weighted by molar-refractivity contribution is -0.130. The van der Waals surface area contributed by atoms with Crippen LogP contribution < -0.4 is 5.48 Å². The van der Waals surface area contributed by atoms with Crippen LogP contribution in [0.5, 0.6) is 0 Å². The lowest BCUT2D eigenvalue weighted by Crippen LogP contribution is -2.36. The molecule has 2 heterocycles. The van der Waals surface area contributed by atoms with Crippen molar-refractivity contribution in [2.75, 3.05) is 13.1 Å². The fourth-order valence-electron chi connectivity index (χ4n) is 4.55. The molecular weight excluding hydrogens is 314 g/mol. The molecule has 4 rings (SSSR count). The first-order valence-electron chi connectivity index (χ1n) is 9.08. The highest BCUT2D eigenvalue weighted by Crippen LogP contribution is 2.61. The second-order valence-electron chi connectivity index (χ2n) is 7.16. The molecule has 4 atom stereocenters. The summed E-state index contributed by atoms with van der Waals surface area (Å²) in [7, 11) is 0. The van der Waals surface area contributed by atoms with Crippen molar-refractivity contribution >= 4 is 5.91 Å². The summed E-state index contributed by atoms with van der Waals surface area (Å²) in [6.07, 6.45) is 2.21. The third kappa shape index (κ3) is 2.68. The van der Waals surface area contributed by atoms with Crippen LogP contribution in [0.2, 0.25) is 0 Å². The van der Waals surface area contributed by atoms with E-state index >= 15 is 0 Å². The average molecular weight is 339 g/mol. The quantitative estimate of drug-likeness (QED) is 0.665. The Labute approximate surface area is 148 Å². The van der Waals surface area contributed by atoms with E-state index in [-0.39, 0.29) is 23.7 Å². The summed E-state index contributed by atoms with van der Waals surface area (Å²) in [5.74, 6) is -0.217. The predicted molar refractivity (Wildman–Crippen MR) is 95.4 cm³/mol. The fraction of sp³-hybridized carbons (Fsp3) is 0.450. The minimum absolute atomic E-state index is 0.134. The molecule has 25 heavy (non-hydrogen) atoms. The molecular formula is C20H25N3O2. The van der Waals surface area contributed by atoms with Crippen molar-refractivity contribution in [2.45, 2.75) is 38.3 Å². The summed E-state index contributed by atoms with van der Waals surface area (Å²) in [5, 5.41) is 9.13. The average Bonchev–Trinajstić information content (AvgIpc) is 3.25. The molecule has 0 saturated heterocycles. The first kappa shape index (κ1) is 16.4. The van der Waals surface area contributed by atoms with Gasteiger partial charge >= 0.3 is 0 Å². The van der Waals surface area contributed by atoms with Gasteiger partial charge in [0.2, 0.25) is 5.91 Å². The maximum Gasteiger partial charge on any atom is 0.247 e. The lowest BCUT2D eigenvalue weighted by Gasteiger charge is -2.33. The molecule has 1 aromatic carbocycles. The molecule has 1 amide bonds. The Bertz CT molecular complexity index is 771. The molecule has 2 aliphatic rings. The molecule has 1 saturated carbocycles. The summed E-state index contributed by atoms with van der Waals surface area (Å²) < 4.78 is 2.33. The third-order valence-corrected chi connectivity index (χ3v) is 5.96. The van der Waals surface area contributed by atoms with Gasteiger partial charge in [0, 0.05) is 42.9 Å². The number of nitrogens with zero attached hydrogens (tertiary/aromatic N) is 2. The number of hydrogen-bond donors (Lipinski definition) is 2. The number of fused-ring (bicyclic) bond motifs is 1. The van der Waals surface area contributed by atoms with Gasteiger partial charge in [0.15, 0.2) is 0 Å². The standard InChI is InChI=1S/C20H25N3O2/c1-3-22-9-10-23-12-15(11-16(23)13(22)2)18-17(19(18)20(24)21-25)14-7-5-4-6-8-14/h4-8,11-13,17-19,25H,3,9-10H2,1-2H3,(H,21,24)/t13?,17-,18-,19-/m1/s1. The topological polar surface area (TPSA) is 57.5 Å². The van der Waals surface area contributed by atoms with Gasteiger partial charge < -0.3 is 4.57 Å². The van der Waals surface area contributed by atoms with E-state index in [1.807, 2.05) is 23.7 Å². The van der Waals surface area contributed by atoms with Crippen molar-refractivity contribution in [2.24, 2.45) is 5.92 Å². The Hall–Kier alpha value is -2.11. The van der Waals surface area contributed by atoms with Crippen molar-refractivity contribution in [1.82, 2.24) is 14.9 Å². The smallest absolute Gasteiger partial charge is 0.247 e. The summed E-state index contributed by atoms with van der Waals surface area (Å²) in [6, 6.07) is 12.8. The minimum atomic E-state index is -0.286. The first-order chi connectivity index (χ1) is 12.2. The van der Waals surface area contributed by atoms with Crippen LogP contribution in [-0.2, 0) is 11.3 Å². The lowest BCUT2D eigenvalue weighted by atomic mass is 10.1. The number of amides is 1. The molecule has 0 radical (unpaired) electrons. The SMILES string of the molecule is CCN1CCn2cc([C@H]3[C@H](C(=O)NO)[C@@H]3c3ccccc3)cc2C1C. The Morgan fingerprint density at radius 1 is 1.20 bits per heavy atom. The van der Waals surface area contributed by atoms with E-state index < -0.39 is 0 Å². The zero-order valence-electron chi connectivity index (χ0n) is 14.7. The van der Waals surface area contributed by atoms with Crippen molar-refractivity contribution in [1.29, 1.82) is 0 Å². The normalized spacial score (nSPS) is 28.4. The molecule has 1 unspecified atom stereocenters. The van der Waals surface area contributed by atoms with E-state index in [2.05, 4.69) is 47.7 Å². The van der Waals surface area contributed by atoms with Crippen LogP contribution in [0.15, 0.2) is 42.6 Å². The van der Waals surface area contributed by atoms with Crippen LogP contribution in [0.1, 0.15) is 48.5 Å². The minimum Gasteiger partial charge on any atom is -0.348 e. The molecule has 2 aromatic rings. The molecule has 1 aliphatic heterocycles. The highest BCUT2D eigenvalue weighted by molar-refractivity contribution is 5.84. The highest BCUT2D eigenvalue weighted by Gasteiger charge is 2.56.